The van der Waals surface area contributed by atoms with E-state index in [-0.39, 0.29) is 10.8 Å². The van der Waals surface area contributed by atoms with Crippen LogP contribution in [0, 0.1) is 5.41 Å². The predicted octanol–water partition coefficient (Wildman–Crippen LogP) is 2.21. The number of ether oxygens (including phenoxy) is 1. The monoisotopic (exact) mass is 239 g/mol. The van der Waals surface area contributed by atoms with E-state index in [4.69, 9.17) is 4.74 Å². The highest BCUT2D eigenvalue weighted by Crippen LogP contribution is 2.33. The average molecular weight is 239 g/mol. The van der Waals surface area contributed by atoms with Crippen molar-refractivity contribution in [2.75, 3.05) is 0 Å². The molecule has 16 heavy (non-hydrogen) atoms. The highest BCUT2D eigenvalue weighted by atomic mass is 32.2. The van der Waals surface area contributed by atoms with Crippen LogP contribution in [0.2, 0.25) is 0 Å². The molecule has 0 atom stereocenters. The van der Waals surface area contributed by atoms with Gasteiger partial charge in [-0.1, -0.05) is 32.9 Å². The maximum atomic E-state index is 11.9. The Morgan fingerprint density at radius 1 is 1.19 bits per heavy atom. The normalized spacial score (nSPS) is 18.3. The van der Waals surface area contributed by atoms with Crippen LogP contribution in [0.1, 0.15) is 20.8 Å². The van der Waals surface area contributed by atoms with Crippen molar-refractivity contribution in [1.29, 1.82) is 0 Å². The first-order valence-corrected chi connectivity index (χ1v) is 6.37. The molecule has 1 aliphatic heterocycles. The molecule has 0 fully saturated rings. The van der Waals surface area contributed by atoms with E-state index in [0.717, 1.165) is 0 Å². The number of sulfonamides is 1. The van der Waals surface area contributed by atoms with Crippen LogP contribution in [0.4, 0.5) is 0 Å². The molecule has 0 unspecified atom stereocenters. The second-order valence-corrected chi connectivity index (χ2v) is 6.24. The first kappa shape index (κ1) is 11.1. The maximum Gasteiger partial charge on any atom is 0.289 e. The molecule has 0 saturated carbocycles. The number of hydrogen-bond acceptors (Lipinski definition) is 3. The molecule has 0 saturated heterocycles. The van der Waals surface area contributed by atoms with E-state index in [9.17, 15) is 8.42 Å². The first-order valence-electron chi connectivity index (χ1n) is 4.93. The zero-order chi connectivity index (χ0) is 12.0. The molecule has 2 rings (SSSR count). The third-order valence-corrected chi connectivity index (χ3v) is 3.48. The first-order chi connectivity index (χ1) is 7.31. The molecule has 5 heteroatoms. The van der Waals surface area contributed by atoms with Gasteiger partial charge in [-0.2, -0.15) is 8.42 Å². The van der Waals surface area contributed by atoms with Crippen LogP contribution in [0.3, 0.4) is 0 Å². The van der Waals surface area contributed by atoms with Crippen molar-refractivity contribution < 1.29 is 13.2 Å². The quantitative estimate of drug-likeness (QED) is 0.697. The molecule has 1 heterocycles. The minimum absolute atomic E-state index is 0.128. The summed E-state index contributed by atoms with van der Waals surface area (Å²) >= 11 is 0. The molecule has 0 amide bonds. The fourth-order valence-electron chi connectivity index (χ4n) is 1.32. The Morgan fingerprint density at radius 2 is 1.81 bits per heavy atom. The van der Waals surface area contributed by atoms with Gasteiger partial charge in [0.25, 0.3) is 10.0 Å². The van der Waals surface area contributed by atoms with Crippen LogP contribution in [-0.2, 0) is 10.0 Å². The minimum Gasteiger partial charge on any atom is -0.440 e. The van der Waals surface area contributed by atoms with Gasteiger partial charge < -0.3 is 4.74 Å². The third-order valence-electron chi connectivity index (χ3n) is 2.18. The van der Waals surface area contributed by atoms with Crippen LogP contribution < -0.4 is 4.74 Å². The van der Waals surface area contributed by atoms with Gasteiger partial charge in [0.05, 0.1) is 0 Å². The van der Waals surface area contributed by atoms with Gasteiger partial charge in [0, 0.05) is 5.41 Å². The van der Waals surface area contributed by atoms with E-state index in [0.29, 0.717) is 5.75 Å². The van der Waals surface area contributed by atoms with Crippen molar-refractivity contribution in [1.82, 2.24) is 0 Å². The number of rotatable bonds is 0. The van der Waals surface area contributed by atoms with Gasteiger partial charge >= 0.3 is 0 Å². The predicted molar refractivity (Wildman–Crippen MR) is 61.1 cm³/mol. The van der Waals surface area contributed by atoms with Gasteiger partial charge in [0.15, 0.2) is 0 Å². The van der Waals surface area contributed by atoms with Crippen molar-refractivity contribution in [3.63, 3.8) is 0 Å². The lowest BCUT2D eigenvalue weighted by atomic mass is 9.97. The molecule has 0 bridgehead atoms. The summed E-state index contributed by atoms with van der Waals surface area (Å²) < 4.78 is 32.9. The van der Waals surface area contributed by atoms with Crippen LogP contribution >= 0.6 is 0 Å². The number of fused-ring (bicyclic) bond motifs is 1. The van der Waals surface area contributed by atoms with Gasteiger partial charge in [-0.15, -0.1) is 4.40 Å². The lowest BCUT2D eigenvalue weighted by Gasteiger charge is -2.25. The van der Waals surface area contributed by atoms with Gasteiger partial charge in [-0.05, 0) is 12.1 Å². The third kappa shape index (κ3) is 1.82. The van der Waals surface area contributed by atoms with Crippen molar-refractivity contribution in [3.05, 3.63) is 24.3 Å². The summed E-state index contributed by atoms with van der Waals surface area (Å²) in [6, 6.07) is 6.51. The number of nitrogens with zero attached hydrogens (tertiary/aromatic N) is 1. The second-order valence-electron chi connectivity index (χ2n) is 4.67. The largest absolute Gasteiger partial charge is 0.440 e. The van der Waals surface area contributed by atoms with Gasteiger partial charge in [-0.3, -0.25) is 0 Å². The summed E-state index contributed by atoms with van der Waals surface area (Å²) in [7, 11) is -3.61. The molecule has 0 N–H and O–H groups in total. The van der Waals surface area contributed by atoms with Crippen LogP contribution in [-0.4, -0.2) is 14.3 Å². The summed E-state index contributed by atoms with van der Waals surface area (Å²) in [5.74, 6) is 0.577. The lowest BCUT2D eigenvalue weighted by molar-refractivity contribution is 0.421. The molecule has 0 spiro atoms. The Balaban J connectivity index is 2.61. The van der Waals surface area contributed by atoms with Crippen molar-refractivity contribution >= 4 is 15.9 Å². The zero-order valence-electron chi connectivity index (χ0n) is 9.39. The summed E-state index contributed by atoms with van der Waals surface area (Å²) in [6.07, 6.45) is 0. The molecule has 1 aromatic rings. The molecular weight excluding hydrogens is 226 g/mol. The Morgan fingerprint density at radius 3 is 2.44 bits per heavy atom. The van der Waals surface area contributed by atoms with E-state index in [1.165, 1.54) is 6.07 Å². The Labute approximate surface area is 95.0 Å². The summed E-state index contributed by atoms with van der Waals surface area (Å²) in [5, 5.41) is 0. The topological polar surface area (TPSA) is 55.7 Å². The average Bonchev–Trinajstić information content (AvgIpc) is 2.15. The molecule has 0 aromatic heterocycles. The Hall–Kier alpha value is -1.36. The Kier molecular flexibility index (Phi) is 2.31. The fourth-order valence-corrected chi connectivity index (χ4v) is 2.56. The molecule has 4 nitrogen and oxygen atoms in total. The van der Waals surface area contributed by atoms with E-state index < -0.39 is 15.4 Å². The van der Waals surface area contributed by atoms with Crippen molar-refractivity contribution in [2.45, 2.75) is 25.7 Å². The van der Waals surface area contributed by atoms with Crippen LogP contribution in [0.5, 0.6) is 5.75 Å². The summed E-state index contributed by atoms with van der Waals surface area (Å²) in [4.78, 5) is 0.128. The van der Waals surface area contributed by atoms with Gasteiger partial charge in [-0.25, -0.2) is 0 Å². The smallest absolute Gasteiger partial charge is 0.289 e. The van der Waals surface area contributed by atoms with E-state index in [1.54, 1.807) is 18.2 Å². The number of benzene rings is 1. The van der Waals surface area contributed by atoms with E-state index >= 15 is 0 Å². The van der Waals surface area contributed by atoms with Gasteiger partial charge in [0.1, 0.15) is 10.6 Å². The lowest BCUT2D eigenvalue weighted by Crippen LogP contribution is -2.30. The minimum atomic E-state index is -3.61. The maximum absolute atomic E-state index is 11.9. The Bertz CT molecular complexity index is 553. The van der Waals surface area contributed by atoms with Crippen LogP contribution in [0.15, 0.2) is 33.6 Å². The standard InChI is InChI=1S/C11H13NO3S/c1-11(2,3)10-12-16(13,14)9-7-5-4-6-8(9)15-10/h4-7H,1-3H3. The summed E-state index contributed by atoms with van der Waals surface area (Å²) in [5.41, 5.74) is -0.430. The van der Waals surface area contributed by atoms with Crippen molar-refractivity contribution in [3.8, 4) is 5.75 Å². The van der Waals surface area contributed by atoms with Crippen LogP contribution in [0.25, 0.3) is 0 Å². The fraction of sp³-hybridized carbons (Fsp3) is 0.364. The SMILES string of the molecule is CC(C)(C)C1=NS(=O)(=O)c2ccccc2O1. The zero-order valence-corrected chi connectivity index (χ0v) is 10.2. The highest BCUT2D eigenvalue weighted by molar-refractivity contribution is 7.90. The highest BCUT2D eigenvalue weighted by Gasteiger charge is 2.32. The van der Waals surface area contributed by atoms with Crippen molar-refractivity contribution in [2.24, 2.45) is 9.81 Å². The molecule has 0 radical (unpaired) electrons. The molecular formula is C11H13NO3S. The van der Waals surface area contributed by atoms with Gasteiger partial charge in [0.2, 0.25) is 5.90 Å². The number of para-hydroxylation sites is 1. The molecule has 0 aliphatic carbocycles. The molecule has 1 aromatic carbocycles. The van der Waals surface area contributed by atoms with E-state index in [2.05, 4.69) is 4.40 Å². The second kappa shape index (κ2) is 3.31. The summed E-state index contributed by atoms with van der Waals surface area (Å²) in [6.45, 7) is 5.57. The molecule has 86 valence electrons. The van der Waals surface area contributed by atoms with E-state index in [1.807, 2.05) is 20.8 Å². The molecule has 1 aliphatic rings. The number of hydrogen-bond donors (Lipinski definition) is 0.